The lowest BCUT2D eigenvalue weighted by Crippen LogP contribution is -2.31. The molecule has 1 aromatic rings. The summed E-state index contributed by atoms with van der Waals surface area (Å²) in [6.07, 6.45) is 1.09. The van der Waals surface area contributed by atoms with Gasteiger partial charge in [0.15, 0.2) is 0 Å². The summed E-state index contributed by atoms with van der Waals surface area (Å²) in [5.41, 5.74) is 0.194. The average Bonchev–Trinajstić information content (AvgIpc) is 2.34. The smallest absolute Gasteiger partial charge is 0.135 e. The van der Waals surface area contributed by atoms with Gasteiger partial charge in [-0.1, -0.05) is 41.5 Å². The van der Waals surface area contributed by atoms with Gasteiger partial charge in [0.25, 0.3) is 0 Å². The molecule has 0 aliphatic carbocycles. The SMILES string of the molecule is CCCNc1cc(NC(C)C(C)(C)C)nc(C(C)C)n1. The Balaban J connectivity index is 2.96. The summed E-state index contributed by atoms with van der Waals surface area (Å²) in [4.78, 5) is 9.21. The minimum Gasteiger partial charge on any atom is -0.370 e. The highest BCUT2D eigenvalue weighted by atomic mass is 15.1. The van der Waals surface area contributed by atoms with Crippen molar-refractivity contribution in [3.05, 3.63) is 11.9 Å². The molecule has 0 aromatic carbocycles. The van der Waals surface area contributed by atoms with E-state index in [2.05, 4.69) is 69.1 Å². The van der Waals surface area contributed by atoms with Crippen molar-refractivity contribution >= 4 is 11.6 Å². The van der Waals surface area contributed by atoms with Crippen LogP contribution in [0, 0.1) is 5.41 Å². The molecule has 0 aliphatic rings. The molecule has 0 aliphatic heterocycles. The lowest BCUT2D eigenvalue weighted by atomic mass is 9.88. The molecule has 2 N–H and O–H groups in total. The van der Waals surface area contributed by atoms with Gasteiger partial charge in [-0.05, 0) is 18.8 Å². The van der Waals surface area contributed by atoms with Crippen molar-refractivity contribution in [2.24, 2.45) is 5.41 Å². The highest BCUT2D eigenvalue weighted by Gasteiger charge is 2.20. The van der Waals surface area contributed by atoms with Crippen LogP contribution < -0.4 is 10.6 Å². The van der Waals surface area contributed by atoms with E-state index in [1.807, 2.05) is 6.07 Å². The molecule has 1 atom stereocenters. The van der Waals surface area contributed by atoms with Crippen LogP contribution in [0.25, 0.3) is 0 Å². The Hall–Kier alpha value is -1.32. The van der Waals surface area contributed by atoms with E-state index in [1.165, 1.54) is 0 Å². The summed E-state index contributed by atoms with van der Waals surface area (Å²) in [6, 6.07) is 2.35. The molecule has 0 amide bonds. The van der Waals surface area contributed by atoms with Crippen LogP contribution in [-0.2, 0) is 0 Å². The number of hydrogen-bond donors (Lipinski definition) is 2. The Morgan fingerprint density at radius 3 is 2.20 bits per heavy atom. The number of anilines is 2. The summed E-state index contributed by atoms with van der Waals surface area (Å²) in [5.74, 6) is 3.03. The van der Waals surface area contributed by atoms with Crippen LogP contribution in [0.1, 0.15) is 66.6 Å². The zero-order valence-electron chi connectivity index (χ0n) is 14.0. The van der Waals surface area contributed by atoms with E-state index in [-0.39, 0.29) is 5.41 Å². The fourth-order valence-corrected chi connectivity index (χ4v) is 1.58. The van der Waals surface area contributed by atoms with Gasteiger partial charge in [0.2, 0.25) is 0 Å². The third kappa shape index (κ3) is 4.99. The van der Waals surface area contributed by atoms with Crippen molar-refractivity contribution in [3.63, 3.8) is 0 Å². The van der Waals surface area contributed by atoms with Crippen LogP contribution in [0.4, 0.5) is 11.6 Å². The van der Waals surface area contributed by atoms with Crippen molar-refractivity contribution < 1.29 is 0 Å². The van der Waals surface area contributed by atoms with E-state index in [0.717, 1.165) is 30.4 Å². The number of rotatable bonds is 6. The first kappa shape index (κ1) is 16.7. The zero-order valence-corrected chi connectivity index (χ0v) is 14.0. The molecule has 0 fully saturated rings. The Morgan fingerprint density at radius 2 is 1.70 bits per heavy atom. The molecule has 20 heavy (non-hydrogen) atoms. The van der Waals surface area contributed by atoms with E-state index in [4.69, 9.17) is 0 Å². The molecule has 1 heterocycles. The molecule has 0 radical (unpaired) electrons. The minimum atomic E-state index is 0.194. The molecule has 1 aromatic heterocycles. The van der Waals surface area contributed by atoms with Crippen LogP contribution in [0.15, 0.2) is 6.07 Å². The Morgan fingerprint density at radius 1 is 1.10 bits per heavy atom. The molecule has 0 saturated heterocycles. The first-order chi connectivity index (χ1) is 9.24. The molecule has 0 saturated carbocycles. The highest BCUT2D eigenvalue weighted by molar-refractivity contribution is 5.48. The van der Waals surface area contributed by atoms with Crippen LogP contribution >= 0.6 is 0 Å². The van der Waals surface area contributed by atoms with E-state index in [9.17, 15) is 0 Å². The number of nitrogens with zero attached hydrogens (tertiary/aromatic N) is 2. The Bertz CT molecular complexity index is 421. The second-order valence-electron chi connectivity index (χ2n) is 6.81. The predicted octanol–water partition coefficient (Wildman–Crippen LogP) is 4.27. The average molecular weight is 278 g/mol. The van der Waals surface area contributed by atoms with E-state index in [0.29, 0.717) is 12.0 Å². The van der Waals surface area contributed by atoms with Crippen molar-refractivity contribution in [3.8, 4) is 0 Å². The van der Waals surface area contributed by atoms with Crippen molar-refractivity contribution in [1.82, 2.24) is 9.97 Å². The molecule has 0 bridgehead atoms. The van der Waals surface area contributed by atoms with Gasteiger partial charge in [-0.3, -0.25) is 0 Å². The first-order valence-electron chi connectivity index (χ1n) is 7.63. The topological polar surface area (TPSA) is 49.8 Å². The maximum atomic E-state index is 4.63. The highest BCUT2D eigenvalue weighted by Crippen LogP contribution is 2.24. The number of aromatic nitrogens is 2. The van der Waals surface area contributed by atoms with E-state index >= 15 is 0 Å². The summed E-state index contributed by atoms with van der Waals surface area (Å²) < 4.78 is 0. The molecular weight excluding hydrogens is 248 g/mol. The quantitative estimate of drug-likeness (QED) is 0.816. The van der Waals surface area contributed by atoms with E-state index < -0.39 is 0 Å². The summed E-state index contributed by atoms with van der Waals surface area (Å²) in [7, 11) is 0. The van der Waals surface area contributed by atoms with Crippen LogP contribution in [0.5, 0.6) is 0 Å². The van der Waals surface area contributed by atoms with Crippen molar-refractivity contribution in [1.29, 1.82) is 0 Å². The normalized spacial score (nSPS) is 13.4. The zero-order chi connectivity index (χ0) is 15.3. The van der Waals surface area contributed by atoms with Crippen LogP contribution in [0.3, 0.4) is 0 Å². The number of hydrogen-bond acceptors (Lipinski definition) is 4. The van der Waals surface area contributed by atoms with Crippen LogP contribution in [0.2, 0.25) is 0 Å². The predicted molar refractivity (Wildman–Crippen MR) is 87.4 cm³/mol. The Kier molecular flexibility index (Phi) is 5.78. The molecule has 0 spiro atoms. The van der Waals surface area contributed by atoms with Gasteiger partial charge >= 0.3 is 0 Å². The maximum Gasteiger partial charge on any atom is 0.135 e. The first-order valence-corrected chi connectivity index (χ1v) is 7.63. The molecule has 4 heteroatoms. The Labute approximate surface area is 123 Å². The van der Waals surface area contributed by atoms with Gasteiger partial charge in [0, 0.05) is 24.6 Å². The molecule has 1 unspecified atom stereocenters. The van der Waals surface area contributed by atoms with E-state index in [1.54, 1.807) is 0 Å². The van der Waals surface area contributed by atoms with Gasteiger partial charge in [-0.25, -0.2) is 9.97 Å². The monoisotopic (exact) mass is 278 g/mol. The molecule has 114 valence electrons. The fraction of sp³-hybridized carbons (Fsp3) is 0.750. The summed E-state index contributed by atoms with van der Waals surface area (Å²) in [6.45, 7) is 16.2. The molecule has 4 nitrogen and oxygen atoms in total. The van der Waals surface area contributed by atoms with Crippen LogP contribution in [-0.4, -0.2) is 22.6 Å². The van der Waals surface area contributed by atoms with Gasteiger partial charge in [-0.2, -0.15) is 0 Å². The largest absolute Gasteiger partial charge is 0.370 e. The molecular formula is C16H30N4. The summed E-state index contributed by atoms with van der Waals surface area (Å²) in [5, 5.41) is 6.85. The second kappa shape index (κ2) is 6.91. The van der Waals surface area contributed by atoms with Gasteiger partial charge < -0.3 is 10.6 Å². The van der Waals surface area contributed by atoms with Crippen molar-refractivity contribution in [2.75, 3.05) is 17.2 Å². The maximum absolute atomic E-state index is 4.63. The summed E-state index contributed by atoms with van der Waals surface area (Å²) >= 11 is 0. The lowest BCUT2D eigenvalue weighted by molar-refractivity contribution is 0.358. The standard InChI is InChI=1S/C16H30N4/c1-8-9-17-13-10-14(18-12(4)16(5,6)7)20-15(19-13)11(2)3/h10-12H,8-9H2,1-7H3,(H2,17,18,19,20). The fourth-order valence-electron chi connectivity index (χ4n) is 1.58. The minimum absolute atomic E-state index is 0.194. The van der Waals surface area contributed by atoms with Gasteiger partial charge in [0.1, 0.15) is 17.5 Å². The second-order valence-corrected chi connectivity index (χ2v) is 6.81. The van der Waals surface area contributed by atoms with Gasteiger partial charge in [-0.15, -0.1) is 0 Å². The lowest BCUT2D eigenvalue weighted by Gasteiger charge is -2.28. The third-order valence-corrected chi connectivity index (χ3v) is 3.48. The van der Waals surface area contributed by atoms with Crippen molar-refractivity contribution in [2.45, 2.75) is 66.8 Å². The molecule has 1 rings (SSSR count). The number of nitrogens with one attached hydrogen (secondary N) is 2. The van der Waals surface area contributed by atoms with Gasteiger partial charge in [0.05, 0.1) is 0 Å². The third-order valence-electron chi connectivity index (χ3n) is 3.48.